The molecule has 4 bridgehead atoms. The van der Waals surface area contributed by atoms with Gasteiger partial charge in [0.15, 0.2) is 0 Å². The second-order valence-corrected chi connectivity index (χ2v) is 9.18. The van der Waals surface area contributed by atoms with Crippen LogP contribution in [0.2, 0.25) is 0 Å². The van der Waals surface area contributed by atoms with Gasteiger partial charge in [-0.1, -0.05) is 12.2 Å². The number of carboxylic acids is 1. The molecule has 5 fully saturated rings. The molecule has 0 amide bonds. The molecule has 1 heterocycles. The van der Waals surface area contributed by atoms with Crippen LogP contribution in [0.15, 0.2) is 12.2 Å². The van der Waals surface area contributed by atoms with Gasteiger partial charge >= 0.3 is 11.9 Å². The molecule has 1 spiro atoms. The molecule has 5 aliphatic rings. The Balaban J connectivity index is 1.78. The number of carbonyl (C=O) groups is 3. The molecule has 7 heteroatoms. The second kappa shape index (κ2) is 4.39. The van der Waals surface area contributed by atoms with Crippen LogP contribution in [0.4, 0.5) is 0 Å². The fraction of sp³-hybridized carbons (Fsp3) is 0.737. The molecule has 4 saturated carbocycles. The molecule has 0 aromatic rings. The molecule has 7 nitrogen and oxygen atoms in total. The number of hydrogen-bond donors (Lipinski definition) is 3. The fourth-order valence-corrected chi connectivity index (χ4v) is 7.48. The van der Waals surface area contributed by atoms with Crippen molar-refractivity contribution in [3.05, 3.63) is 12.2 Å². The molecular weight excluding hydrogens is 340 g/mol. The van der Waals surface area contributed by atoms with Crippen LogP contribution in [-0.4, -0.2) is 50.9 Å². The van der Waals surface area contributed by atoms with Crippen molar-refractivity contribution in [3.63, 3.8) is 0 Å². The lowest BCUT2D eigenvalue weighted by molar-refractivity contribution is -0.164. The third-order valence-electron chi connectivity index (χ3n) is 8.33. The maximum Gasteiger partial charge on any atom is 0.315 e. The molecule has 4 aliphatic carbocycles. The number of ether oxygens (including phenoxy) is 1. The largest absolute Gasteiger partial charge is 0.481 e. The minimum atomic E-state index is -1.49. The monoisotopic (exact) mass is 362 g/mol. The number of esters is 1. The first-order valence-corrected chi connectivity index (χ1v) is 9.12. The van der Waals surface area contributed by atoms with Crippen LogP contribution in [0.5, 0.6) is 0 Å². The van der Waals surface area contributed by atoms with Crippen LogP contribution in [0.1, 0.15) is 32.6 Å². The van der Waals surface area contributed by atoms with Crippen molar-refractivity contribution in [3.8, 4) is 0 Å². The number of carbonyl (C=O) groups excluding carboxylic acids is 2. The average Bonchev–Trinajstić information content (AvgIpc) is 3.04. The molecule has 3 N–H and O–H groups in total. The average molecular weight is 362 g/mol. The number of fused-ring (bicyclic) bond motifs is 1. The van der Waals surface area contributed by atoms with E-state index in [1.807, 2.05) is 0 Å². The number of rotatable bonds is 1. The summed E-state index contributed by atoms with van der Waals surface area (Å²) in [7, 11) is 0. The Hall–Kier alpha value is -1.73. The lowest BCUT2D eigenvalue weighted by Gasteiger charge is -2.46. The van der Waals surface area contributed by atoms with E-state index in [0.29, 0.717) is 12.8 Å². The highest BCUT2D eigenvalue weighted by Crippen LogP contribution is 2.77. The summed E-state index contributed by atoms with van der Waals surface area (Å²) in [6, 6.07) is 0. The van der Waals surface area contributed by atoms with Gasteiger partial charge in [-0.15, -0.1) is 0 Å². The summed E-state index contributed by atoms with van der Waals surface area (Å²) in [5.74, 6) is -4.16. The number of aliphatic hydroxyl groups excluding tert-OH is 2. The van der Waals surface area contributed by atoms with Crippen molar-refractivity contribution < 1.29 is 34.4 Å². The first kappa shape index (κ1) is 16.4. The minimum absolute atomic E-state index is 0.0116. The van der Waals surface area contributed by atoms with E-state index >= 15 is 0 Å². The smallest absolute Gasteiger partial charge is 0.315 e. The van der Waals surface area contributed by atoms with Gasteiger partial charge in [0.25, 0.3) is 0 Å². The summed E-state index contributed by atoms with van der Waals surface area (Å²) in [6.45, 7) is 5.52. The Morgan fingerprint density at radius 2 is 1.96 bits per heavy atom. The highest BCUT2D eigenvalue weighted by atomic mass is 16.6. The van der Waals surface area contributed by atoms with Crippen molar-refractivity contribution in [2.75, 3.05) is 0 Å². The van der Waals surface area contributed by atoms with Gasteiger partial charge in [-0.05, 0) is 25.2 Å². The van der Waals surface area contributed by atoms with Crippen molar-refractivity contribution in [2.24, 2.45) is 34.5 Å². The maximum absolute atomic E-state index is 12.7. The fourth-order valence-electron chi connectivity index (χ4n) is 7.48. The van der Waals surface area contributed by atoms with Crippen LogP contribution < -0.4 is 0 Å². The van der Waals surface area contributed by atoms with Crippen LogP contribution in [-0.2, 0) is 19.1 Å². The lowest BCUT2D eigenvalue weighted by Crippen LogP contribution is -2.59. The van der Waals surface area contributed by atoms with E-state index in [0.717, 1.165) is 5.57 Å². The first-order valence-electron chi connectivity index (χ1n) is 9.12. The van der Waals surface area contributed by atoms with Crippen molar-refractivity contribution in [1.29, 1.82) is 0 Å². The summed E-state index contributed by atoms with van der Waals surface area (Å²) in [5, 5.41) is 31.2. The Labute approximate surface area is 150 Å². The van der Waals surface area contributed by atoms with E-state index in [-0.39, 0.29) is 24.5 Å². The summed E-state index contributed by atoms with van der Waals surface area (Å²) in [4.78, 5) is 37.8. The molecule has 5 rings (SSSR count). The third-order valence-corrected chi connectivity index (χ3v) is 8.33. The van der Waals surface area contributed by atoms with Gasteiger partial charge < -0.3 is 20.1 Å². The van der Waals surface area contributed by atoms with Gasteiger partial charge in [-0.25, -0.2) is 0 Å². The summed E-state index contributed by atoms with van der Waals surface area (Å²) in [6.07, 6.45) is -1.64. The van der Waals surface area contributed by atoms with Gasteiger partial charge in [0.05, 0.1) is 18.1 Å². The number of hydrogen-bond acceptors (Lipinski definition) is 6. The molecule has 1 saturated heterocycles. The van der Waals surface area contributed by atoms with E-state index < -0.39 is 58.3 Å². The molecule has 9 atom stereocenters. The molecule has 0 radical (unpaired) electrons. The highest BCUT2D eigenvalue weighted by Gasteiger charge is 2.85. The van der Waals surface area contributed by atoms with E-state index in [9.17, 15) is 29.7 Å². The summed E-state index contributed by atoms with van der Waals surface area (Å²) >= 11 is 0. The number of Topliss-reactive ketones (excluding diaryl/α,β-unsaturated/α-hetero) is 1. The molecule has 0 aromatic carbocycles. The van der Waals surface area contributed by atoms with Crippen LogP contribution in [0.25, 0.3) is 0 Å². The van der Waals surface area contributed by atoms with E-state index in [2.05, 4.69) is 6.58 Å². The zero-order valence-electron chi connectivity index (χ0n) is 14.5. The zero-order chi connectivity index (χ0) is 18.8. The Kier molecular flexibility index (Phi) is 2.78. The first-order chi connectivity index (χ1) is 12.1. The van der Waals surface area contributed by atoms with Gasteiger partial charge in [0.2, 0.25) is 0 Å². The van der Waals surface area contributed by atoms with E-state index in [4.69, 9.17) is 4.74 Å². The van der Waals surface area contributed by atoms with Crippen molar-refractivity contribution in [1.82, 2.24) is 0 Å². The van der Waals surface area contributed by atoms with Crippen molar-refractivity contribution in [2.45, 2.75) is 50.4 Å². The van der Waals surface area contributed by atoms with Crippen LogP contribution >= 0.6 is 0 Å². The molecule has 1 unspecified atom stereocenters. The Bertz CT molecular complexity index is 789. The molecular formula is C19H22O7. The molecule has 1 aliphatic heterocycles. The predicted octanol–water partition coefficient (Wildman–Crippen LogP) is 0.286. The number of allylic oxidation sites excluding steroid dienone is 1. The SMILES string of the molecule is C=C1C[C@]23CC1C(=O)C[C@H]2[C@@]12C[C@H](O)[C@H](O)[C@@](C)(C(=O)O1)[C@H]2[C@@H]3C(=O)O. The number of ketones is 1. The second-order valence-electron chi connectivity index (χ2n) is 9.18. The van der Waals surface area contributed by atoms with Crippen LogP contribution in [0.3, 0.4) is 0 Å². The van der Waals surface area contributed by atoms with Crippen LogP contribution in [0, 0.1) is 34.5 Å². The maximum atomic E-state index is 12.7. The predicted molar refractivity (Wildman–Crippen MR) is 85.6 cm³/mol. The number of aliphatic hydroxyl groups is 2. The van der Waals surface area contributed by atoms with E-state index in [1.54, 1.807) is 0 Å². The quantitative estimate of drug-likeness (QED) is 0.453. The van der Waals surface area contributed by atoms with Gasteiger partial charge in [-0.2, -0.15) is 0 Å². The molecule has 140 valence electrons. The zero-order valence-corrected chi connectivity index (χ0v) is 14.5. The Morgan fingerprint density at radius 3 is 2.62 bits per heavy atom. The standard InChI is InChI=1S/C19H22O7/c1-7-4-18-5-8(7)9(20)3-11(18)19-6-10(21)14(22)17(2,16(25)26-19)13(19)12(18)15(23)24/h8,10-14,21-22H,1,3-6H2,2H3,(H,23,24)/t8?,10-,11+,12+,13+,14-,17-,18-,19+/m0/s1. The highest BCUT2D eigenvalue weighted by molar-refractivity contribution is 5.90. The minimum Gasteiger partial charge on any atom is -0.481 e. The topological polar surface area (TPSA) is 121 Å². The molecule has 0 aromatic heterocycles. The van der Waals surface area contributed by atoms with Crippen molar-refractivity contribution >= 4 is 17.7 Å². The number of aliphatic carboxylic acids is 1. The molecule has 26 heavy (non-hydrogen) atoms. The van der Waals surface area contributed by atoms with Gasteiger partial charge in [-0.3, -0.25) is 14.4 Å². The number of carboxylic acid groups (broad SMARTS) is 1. The van der Waals surface area contributed by atoms with Gasteiger partial charge in [0, 0.05) is 30.6 Å². The van der Waals surface area contributed by atoms with E-state index in [1.165, 1.54) is 6.92 Å². The lowest BCUT2D eigenvalue weighted by atomic mass is 9.58. The normalized spacial score (nSPS) is 57.0. The Morgan fingerprint density at radius 1 is 1.27 bits per heavy atom. The van der Waals surface area contributed by atoms with Gasteiger partial charge in [0.1, 0.15) is 16.8 Å². The summed E-state index contributed by atoms with van der Waals surface area (Å²) < 4.78 is 5.82. The summed E-state index contributed by atoms with van der Waals surface area (Å²) in [5.41, 5.74) is -2.65. The third kappa shape index (κ3) is 1.42.